The van der Waals surface area contributed by atoms with Crippen molar-refractivity contribution in [3.63, 3.8) is 0 Å². The van der Waals surface area contributed by atoms with Gasteiger partial charge in [0, 0.05) is 12.8 Å². The zero-order chi connectivity index (χ0) is 14.0. The Morgan fingerprint density at radius 3 is 2.44 bits per heavy atom. The van der Waals surface area contributed by atoms with Gasteiger partial charge in [-0.05, 0) is 19.8 Å². The van der Waals surface area contributed by atoms with E-state index in [1.807, 2.05) is 0 Å². The summed E-state index contributed by atoms with van der Waals surface area (Å²) in [7, 11) is -3.72. The van der Waals surface area contributed by atoms with E-state index in [9.17, 15) is 13.2 Å². The van der Waals surface area contributed by atoms with Crippen LogP contribution in [0.4, 0.5) is 0 Å². The average Bonchev–Trinajstić information content (AvgIpc) is 2.30. The molecule has 0 aliphatic rings. The molecule has 0 aliphatic heterocycles. The maximum absolute atomic E-state index is 11.7. The fourth-order valence-corrected chi connectivity index (χ4v) is 2.62. The van der Waals surface area contributed by atoms with E-state index in [1.54, 1.807) is 0 Å². The highest BCUT2D eigenvalue weighted by molar-refractivity contribution is 7.87. The summed E-state index contributed by atoms with van der Waals surface area (Å²) >= 11 is 0. The van der Waals surface area contributed by atoms with E-state index in [0.29, 0.717) is 25.7 Å². The first kappa shape index (κ1) is 16.7. The number of carbonyl (C=O) groups excluding carboxylic acids is 1. The summed E-state index contributed by atoms with van der Waals surface area (Å²) in [6.45, 7) is 1.22. The van der Waals surface area contributed by atoms with Crippen LogP contribution in [0.25, 0.3) is 0 Å². The van der Waals surface area contributed by atoms with Gasteiger partial charge in [-0.25, -0.2) is 0 Å². The van der Waals surface area contributed by atoms with E-state index in [0.717, 1.165) is 0 Å². The van der Waals surface area contributed by atoms with Crippen LogP contribution in [0, 0.1) is 24.7 Å². The molecule has 100 valence electrons. The molecule has 0 aromatic carbocycles. The van der Waals surface area contributed by atoms with Gasteiger partial charge < -0.3 is 4.79 Å². The first-order valence-electron chi connectivity index (χ1n) is 5.68. The molecule has 1 atom stereocenters. The molecule has 1 unspecified atom stereocenters. The largest absolute Gasteiger partial charge is 0.300 e. The first-order valence-corrected chi connectivity index (χ1v) is 7.15. The second-order valence-electron chi connectivity index (χ2n) is 3.94. The van der Waals surface area contributed by atoms with E-state index in [4.69, 9.17) is 12.8 Å². The number of ketones is 1. The Hall–Kier alpha value is -1.30. The van der Waals surface area contributed by atoms with Crippen molar-refractivity contribution in [3.8, 4) is 24.7 Å². The minimum atomic E-state index is -3.72. The van der Waals surface area contributed by atoms with Crippen LogP contribution in [-0.2, 0) is 19.1 Å². The molecule has 0 saturated carbocycles. The Morgan fingerprint density at radius 2 is 1.94 bits per heavy atom. The number of Topliss-reactive ketones (excluding diaryl/α,β-unsaturated/α-hetero) is 1. The summed E-state index contributed by atoms with van der Waals surface area (Å²) in [5.74, 6) is 4.52. The third-order valence-electron chi connectivity index (χ3n) is 2.37. The van der Waals surface area contributed by atoms with Crippen molar-refractivity contribution >= 4 is 15.9 Å². The lowest BCUT2D eigenvalue weighted by atomic mass is 10.1. The van der Waals surface area contributed by atoms with Gasteiger partial charge in [0.2, 0.25) is 0 Å². The zero-order valence-electron chi connectivity index (χ0n) is 10.5. The standard InChI is InChI=1S/C13H18O4S/c1-4-8-13(10-7-6-9-12(3)14)18(15,16)17-11-5-2/h1-2,13H,6-11H2,3H3. The van der Waals surface area contributed by atoms with E-state index < -0.39 is 15.4 Å². The third-order valence-corrected chi connectivity index (χ3v) is 4.03. The SMILES string of the molecule is C#CCOS(=O)(=O)C(CC#C)CCCCC(C)=O. The van der Waals surface area contributed by atoms with Crippen LogP contribution in [0.5, 0.6) is 0 Å². The number of hydrogen-bond donors (Lipinski definition) is 0. The molecular formula is C13H18O4S. The fraction of sp³-hybridized carbons (Fsp3) is 0.615. The van der Waals surface area contributed by atoms with Gasteiger partial charge in [-0.1, -0.05) is 12.3 Å². The fourth-order valence-electron chi connectivity index (χ4n) is 1.44. The van der Waals surface area contributed by atoms with Crippen molar-refractivity contribution < 1.29 is 17.4 Å². The molecular weight excluding hydrogens is 252 g/mol. The average molecular weight is 270 g/mol. The van der Waals surface area contributed by atoms with Crippen molar-refractivity contribution in [3.05, 3.63) is 0 Å². The number of terminal acetylenes is 2. The third kappa shape index (κ3) is 7.11. The Balaban J connectivity index is 4.35. The molecule has 0 bridgehead atoms. The van der Waals surface area contributed by atoms with Gasteiger partial charge >= 0.3 is 0 Å². The Labute approximate surface area is 109 Å². The smallest absolute Gasteiger partial charge is 0.272 e. The van der Waals surface area contributed by atoms with E-state index in [-0.39, 0.29) is 18.8 Å². The molecule has 0 aromatic rings. The molecule has 0 aromatic heterocycles. The summed E-state index contributed by atoms with van der Waals surface area (Å²) in [4.78, 5) is 10.8. The van der Waals surface area contributed by atoms with Crippen LogP contribution in [0.3, 0.4) is 0 Å². The molecule has 0 fully saturated rings. The summed E-state index contributed by atoms with van der Waals surface area (Å²) in [6.07, 6.45) is 12.3. The topological polar surface area (TPSA) is 60.4 Å². The lowest BCUT2D eigenvalue weighted by Gasteiger charge is -2.13. The van der Waals surface area contributed by atoms with Gasteiger partial charge in [0.15, 0.2) is 0 Å². The lowest BCUT2D eigenvalue weighted by Crippen LogP contribution is -2.23. The van der Waals surface area contributed by atoms with E-state index in [2.05, 4.69) is 16.0 Å². The number of carbonyl (C=O) groups is 1. The Morgan fingerprint density at radius 1 is 1.28 bits per heavy atom. The summed E-state index contributed by atoms with van der Waals surface area (Å²) in [5, 5.41) is -0.747. The molecule has 0 radical (unpaired) electrons. The maximum atomic E-state index is 11.7. The molecule has 0 amide bonds. The zero-order valence-corrected chi connectivity index (χ0v) is 11.3. The van der Waals surface area contributed by atoms with Gasteiger partial charge in [0.25, 0.3) is 10.1 Å². The molecule has 4 nitrogen and oxygen atoms in total. The number of unbranched alkanes of at least 4 members (excludes halogenated alkanes) is 1. The second-order valence-corrected chi connectivity index (χ2v) is 5.83. The minimum absolute atomic E-state index is 0.0903. The van der Waals surface area contributed by atoms with Crippen molar-refractivity contribution in [1.29, 1.82) is 0 Å². The molecule has 18 heavy (non-hydrogen) atoms. The summed E-state index contributed by atoms with van der Waals surface area (Å²) < 4.78 is 28.1. The highest BCUT2D eigenvalue weighted by atomic mass is 32.2. The van der Waals surface area contributed by atoms with Crippen LogP contribution >= 0.6 is 0 Å². The lowest BCUT2D eigenvalue weighted by molar-refractivity contribution is -0.117. The van der Waals surface area contributed by atoms with Crippen molar-refractivity contribution in [2.75, 3.05) is 6.61 Å². The predicted octanol–water partition coefficient (Wildman–Crippen LogP) is 1.51. The second kappa shape index (κ2) is 8.74. The van der Waals surface area contributed by atoms with E-state index in [1.165, 1.54) is 6.92 Å². The summed E-state index contributed by atoms with van der Waals surface area (Å²) in [5.41, 5.74) is 0. The van der Waals surface area contributed by atoms with Gasteiger partial charge in [0.1, 0.15) is 12.4 Å². The summed E-state index contributed by atoms with van der Waals surface area (Å²) in [6, 6.07) is 0. The normalized spacial score (nSPS) is 12.4. The molecule has 0 spiro atoms. The monoisotopic (exact) mass is 270 g/mol. The Kier molecular flexibility index (Phi) is 8.11. The van der Waals surface area contributed by atoms with Gasteiger partial charge in [-0.2, -0.15) is 8.42 Å². The highest BCUT2D eigenvalue weighted by Crippen LogP contribution is 2.16. The van der Waals surface area contributed by atoms with Crippen molar-refractivity contribution in [1.82, 2.24) is 0 Å². The van der Waals surface area contributed by atoms with Crippen LogP contribution in [-0.4, -0.2) is 26.1 Å². The van der Waals surface area contributed by atoms with Crippen LogP contribution < -0.4 is 0 Å². The van der Waals surface area contributed by atoms with Crippen LogP contribution in [0.1, 0.15) is 39.0 Å². The van der Waals surface area contributed by atoms with E-state index >= 15 is 0 Å². The van der Waals surface area contributed by atoms with Gasteiger partial charge in [-0.3, -0.25) is 4.18 Å². The van der Waals surface area contributed by atoms with Gasteiger partial charge in [-0.15, -0.1) is 18.8 Å². The number of hydrogen-bond acceptors (Lipinski definition) is 4. The first-order chi connectivity index (χ1) is 8.44. The molecule has 0 rings (SSSR count). The molecule has 0 aliphatic carbocycles. The highest BCUT2D eigenvalue weighted by Gasteiger charge is 2.24. The van der Waals surface area contributed by atoms with Crippen molar-refractivity contribution in [2.24, 2.45) is 0 Å². The quantitative estimate of drug-likeness (QED) is 0.362. The number of rotatable bonds is 9. The predicted molar refractivity (Wildman–Crippen MR) is 70.1 cm³/mol. The molecule has 0 N–H and O–H groups in total. The molecule has 0 heterocycles. The Bertz CT molecular complexity index is 437. The molecule has 0 saturated heterocycles. The van der Waals surface area contributed by atoms with Gasteiger partial charge in [0.05, 0.1) is 5.25 Å². The molecule has 5 heteroatoms. The minimum Gasteiger partial charge on any atom is -0.300 e. The maximum Gasteiger partial charge on any atom is 0.272 e. The van der Waals surface area contributed by atoms with Crippen LogP contribution in [0.2, 0.25) is 0 Å². The van der Waals surface area contributed by atoms with Crippen LogP contribution in [0.15, 0.2) is 0 Å². The van der Waals surface area contributed by atoms with Crippen molar-refractivity contribution in [2.45, 2.75) is 44.3 Å².